The number of amides is 1. The molecule has 3 aromatic rings. The van der Waals surface area contributed by atoms with Gasteiger partial charge >= 0.3 is 0 Å². The standard InChI is InChI=1S/C17H16N2O3S/c1-11-12(6-7-13(18-11)16-5-3-9-23-16)17(21)19-14(10-20)15-4-2-8-22-15/h2-9,14,20H,10H2,1H3,(H,19,21). The minimum absolute atomic E-state index is 0.237. The van der Waals surface area contributed by atoms with Gasteiger partial charge in [0.15, 0.2) is 0 Å². The second-order valence-electron chi connectivity index (χ2n) is 5.03. The average molecular weight is 328 g/mol. The number of aliphatic hydroxyl groups excluding tert-OH is 1. The molecule has 0 radical (unpaired) electrons. The van der Waals surface area contributed by atoms with Crippen LogP contribution in [0.2, 0.25) is 0 Å². The van der Waals surface area contributed by atoms with Crippen LogP contribution in [0, 0.1) is 6.92 Å². The molecular formula is C17H16N2O3S. The molecule has 0 saturated carbocycles. The van der Waals surface area contributed by atoms with E-state index >= 15 is 0 Å². The van der Waals surface area contributed by atoms with E-state index in [1.165, 1.54) is 6.26 Å². The number of nitrogens with one attached hydrogen (secondary N) is 1. The number of carbonyl (C=O) groups excluding carboxylic acids is 1. The Hall–Kier alpha value is -2.44. The van der Waals surface area contributed by atoms with Crippen LogP contribution in [0.5, 0.6) is 0 Å². The molecule has 0 aliphatic rings. The lowest BCUT2D eigenvalue weighted by Crippen LogP contribution is -2.31. The average Bonchev–Trinajstić information content (AvgIpc) is 3.25. The van der Waals surface area contributed by atoms with Crippen LogP contribution in [-0.4, -0.2) is 22.6 Å². The van der Waals surface area contributed by atoms with Crippen LogP contribution in [0.4, 0.5) is 0 Å². The maximum Gasteiger partial charge on any atom is 0.253 e. The first-order chi connectivity index (χ1) is 11.2. The predicted octanol–water partition coefficient (Wildman–Crippen LogP) is 3.17. The summed E-state index contributed by atoms with van der Waals surface area (Å²) in [6.45, 7) is 1.56. The van der Waals surface area contributed by atoms with Gasteiger partial charge in [-0.05, 0) is 42.6 Å². The first kappa shape index (κ1) is 15.5. The van der Waals surface area contributed by atoms with Crippen molar-refractivity contribution in [2.45, 2.75) is 13.0 Å². The number of pyridine rings is 1. The van der Waals surface area contributed by atoms with Crippen molar-refractivity contribution in [1.29, 1.82) is 0 Å². The summed E-state index contributed by atoms with van der Waals surface area (Å²) in [5.74, 6) is 0.227. The first-order valence-electron chi connectivity index (χ1n) is 7.15. The largest absolute Gasteiger partial charge is 0.467 e. The van der Waals surface area contributed by atoms with Crippen LogP contribution in [0.1, 0.15) is 27.9 Å². The summed E-state index contributed by atoms with van der Waals surface area (Å²) in [7, 11) is 0. The van der Waals surface area contributed by atoms with E-state index in [0.29, 0.717) is 17.0 Å². The van der Waals surface area contributed by atoms with E-state index < -0.39 is 6.04 Å². The zero-order valence-corrected chi connectivity index (χ0v) is 13.3. The lowest BCUT2D eigenvalue weighted by Gasteiger charge is -2.15. The monoisotopic (exact) mass is 328 g/mol. The number of thiophene rings is 1. The van der Waals surface area contributed by atoms with Crippen molar-refractivity contribution in [2.24, 2.45) is 0 Å². The molecule has 1 amide bonds. The fourth-order valence-electron chi connectivity index (χ4n) is 2.29. The maximum absolute atomic E-state index is 12.4. The second-order valence-corrected chi connectivity index (χ2v) is 5.98. The van der Waals surface area contributed by atoms with Crippen LogP contribution in [0.15, 0.2) is 52.5 Å². The Labute approximate surface area is 137 Å². The molecule has 6 heteroatoms. The molecule has 0 aliphatic heterocycles. The molecule has 2 N–H and O–H groups in total. The van der Waals surface area contributed by atoms with Crippen molar-refractivity contribution in [3.8, 4) is 10.6 Å². The molecule has 0 spiro atoms. The predicted molar refractivity (Wildman–Crippen MR) is 88.3 cm³/mol. The van der Waals surface area contributed by atoms with Gasteiger partial charge in [0.2, 0.25) is 0 Å². The van der Waals surface area contributed by atoms with Gasteiger partial charge in [-0.3, -0.25) is 9.78 Å². The lowest BCUT2D eigenvalue weighted by atomic mass is 10.1. The molecule has 1 unspecified atom stereocenters. The van der Waals surface area contributed by atoms with E-state index in [4.69, 9.17) is 4.42 Å². The molecule has 1 atom stereocenters. The van der Waals surface area contributed by atoms with Crippen LogP contribution in [-0.2, 0) is 0 Å². The molecule has 3 heterocycles. The van der Waals surface area contributed by atoms with E-state index in [0.717, 1.165) is 10.6 Å². The summed E-state index contributed by atoms with van der Waals surface area (Å²) in [4.78, 5) is 18.0. The Morgan fingerprint density at radius 3 is 2.83 bits per heavy atom. The summed E-state index contributed by atoms with van der Waals surface area (Å²) in [5.41, 5.74) is 1.97. The van der Waals surface area contributed by atoms with Crippen LogP contribution in [0.25, 0.3) is 10.6 Å². The lowest BCUT2D eigenvalue weighted by molar-refractivity contribution is 0.0906. The van der Waals surface area contributed by atoms with Crippen molar-refractivity contribution in [1.82, 2.24) is 10.3 Å². The number of rotatable bonds is 5. The zero-order valence-electron chi connectivity index (χ0n) is 12.5. The zero-order chi connectivity index (χ0) is 16.2. The summed E-state index contributed by atoms with van der Waals surface area (Å²) in [6.07, 6.45) is 1.51. The van der Waals surface area contributed by atoms with Crippen molar-refractivity contribution >= 4 is 17.2 Å². The first-order valence-corrected chi connectivity index (χ1v) is 8.03. The summed E-state index contributed by atoms with van der Waals surface area (Å²) >= 11 is 1.60. The molecule has 5 nitrogen and oxygen atoms in total. The van der Waals surface area contributed by atoms with Gasteiger partial charge in [-0.1, -0.05) is 6.07 Å². The minimum atomic E-state index is -0.575. The van der Waals surface area contributed by atoms with Crippen LogP contribution < -0.4 is 5.32 Å². The number of aliphatic hydroxyl groups is 1. The summed E-state index contributed by atoms with van der Waals surface area (Å²) < 4.78 is 5.23. The van der Waals surface area contributed by atoms with Crippen LogP contribution >= 0.6 is 11.3 Å². The number of furan rings is 1. The Bertz CT molecular complexity index is 782. The Morgan fingerprint density at radius 1 is 1.35 bits per heavy atom. The highest BCUT2D eigenvalue weighted by molar-refractivity contribution is 7.13. The van der Waals surface area contributed by atoms with Crippen molar-refractivity contribution in [3.05, 3.63) is 65.1 Å². The third kappa shape index (κ3) is 3.33. The highest BCUT2D eigenvalue weighted by Crippen LogP contribution is 2.24. The van der Waals surface area contributed by atoms with E-state index in [1.54, 1.807) is 36.5 Å². The van der Waals surface area contributed by atoms with Crippen molar-refractivity contribution in [3.63, 3.8) is 0 Å². The Kier molecular flexibility index (Phi) is 4.55. The van der Waals surface area contributed by atoms with Crippen molar-refractivity contribution < 1.29 is 14.3 Å². The topological polar surface area (TPSA) is 75.4 Å². The second kappa shape index (κ2) is 6.76. The van der Waals surface area contributed by atoms with Gasteiger partial charge in [-0.2, -0.15) is 0 Å². The van der Waals surface area contributed by atoms with Gasteiger partial charge in [-0.15, -0.1) is 11.3 Å². The highest BCUT2D eigenvalue weighted by Gasteiger charge is 2.19. The molecular weight excluding hydrogens is 312 g/mol. The number of hydrogen-bond acceptors (Lipinski definition) is 5. The molecule has 3 rings (SSSR count). The Morgan fingerprint density at radius 2 is 2.22 bits per heavy atom. The van der Waals surface area contributed by atoms with E-state index in [1.807, 2.05) is 23.6 Å². The molecule has 0 bridgehead atoms. The fraction of sp³-hybridized carbons (Fsp3) is 0.176. The molecule has 0 fully saturated rings. The van der Waals surface area contributed by atoms with E-state index in [-0.39, 0.29) is 12.5 Å². The third-order valence-corrected chi connectivity index (χ3v) is 4.37. The van der Waals surface area contributed by atoms with Gasteiger partial charge in [0, 0.05) is 0 Å². The summed E-state index contributed by atoms with van der Waals surface area (Å²) in [6, 6.07) is 10.4. The van der Waals surface area contributed by atoms with Crippen molar-refractivity contribution in [2.75, 3.05) is 6.61 Å². The number of carbonyl (C=O) groups is 1. The van der Waals surface area contributed by atoms with E-state index in [2.05, 4.69) is 10.3 Å². The SMILES string of the molecule is Cc1nc(-c2cccs2)ccc1C(=O)NC(CO)c1ccco1. The number of hydrogen-bond donors (Lipinski definition) is 2. The molecule has 23 heavy (non-hydrogen) atoms. The normalized spacial score (nSPS) is 12.1. The minimum Gasteiger partial charge on any atom is -0.467 e. The van der Waals surface area contributed by atoms with E-state index in [9.17, 15) is 9.90 Å². The maximum atomic E-state index is 12.4. The summed E-state index contributed by atoms with van der Waals surface area (Å²) in [5, 5.41) is 14.2. The molecule has 118 valence electrons. The quantitative estimate of drug-likeness (QED) is 0.754. The van der Waals surface area contributed by atoms with Gasteiger partial charge in [0.25, 0.3) is 5.91 Å². The van der Waals surface area contributed by atoms with Gasteiger partial charge < -0.3 is 14.8 Å². The number of nitrogens with zero attached hydrogens (tertiary/aromatic N) is 1. The van der Waals surface area contributed by atoms with Gasteiger partial charge in [0.1, 0.15) is 11.8 Å². The fourth-order valence-corrected chi connectivity index (χ4v) is 2.99. The van der Waals surface area contributed by atoms with Crippen LogP contribution in [0.3, 0.4) is 0 Å². The highest BCUT2D eigenvalue weighted by atomic mass is 32.1. The number of aryl methyl sites for hydroxylation is 1. The molecule has 0 aliphatic carbocycles. The molecule has 0 saturated heterocycles. The smallest absolute Gasteiger partial charge is 0.253 e. The molecule has 3 aromatic heterocycles. The number of aromatic nitrogens is 1. The van der Waals surface area contributed by atoms with Gasteiger partial charge in [-0.25, -0.2) is 0 Å². The Balaban J connectivity index is 1.79. The molecule has 0 aromatic carbocycles. The van der Waals surface area contributed by atoms with Gasteiger partial charge in [0.05, 0.1) is 34.7 Å². The third-order valence-electron chi connectivity index (χ3n) is 3.48.